The van der Waals surface area contributed by atoms with Crippen molar-refractivity contribution in [3.63, 3.8) is 0 Å². The smallest absolute Gasteiger partial charge is 0.186 e. The van der Waals surface area contributed by atoms with Crippen LogP contribution in [0.2, 0.25) is 5.02 Å². The van der Waals surface area contributed by atoms with E-state index in [2.05, 4.69) is 10.2 Å². The highest BCUT2D eigenvalue weighted by Gasteiger charge is 2.39. The van der Waals surface area contributed by atoms with E-state index in [-0.39, 0.29) is 21.4 Å². The van der Waals surface area contributed by atoms with E-state index in [1.807, 2.05) is 6.92 Å². The molecule has 4 nitrogen and oxygen atoms in total. The van der Waals surface area contributed by atoms with Crippen molar-refractivity contribution >= 4 is 51.6 Å². The molecule has 2 heterocycles. The van der Waals surface area contributed by atoms with Crippen LogP contribution < -0.4 is 0 Å². The molecule has 118 valence electrons. The molecule has 0 aliphatic carbocycles. The first-order valence-electron chi connectivity index (χ1n) is 6.79. The number of hydrogen-bond donors (Lipinski definition) is 1. The Balaban J connectivity index is 1.96. The summed E-state index contributed by atoms with van der Waals surface area (Å²) in [6.45, 7) is 1.95. The average molecular weight is 368 g/mol. The van der Waals surface area contributed by atoms with Gasteiger partial charge in [-0.15, -0.1) is 21.5 Å². The fraction of sp³-hybridized carbons (Fsp3) is 0.200. The first-order valence-corrected chi connectivity index (χ1v) is 8.80. The van der Waals surface area contributed by atoms with E-state index in [4.69, 9.17) is 17.0 Å². The molecular formula is C15H11ClFN3OS2. The Hall–Kier alpha value is -1.57. The van der Waals surface area contributed by atoms with Crippen LogP contribution in [-0.2, 0) is 11.2 Å². The quantitative estimate of drug-likeness (QED) is 0.821. The van der Waals surface area contributed by atoms with Gasteiger partial charge in [-0.1, -0.05) is 36.4 Å². The molecule has 0 spiro atoms. The number of thioether (sulfide) groups is 1. The third kappa shape index (κ3) is 3.08. The Morgan fingerprint density at radius 3 is 2.87 bits per heavy atom. The predicted molar refractivity (Wildman–Crippen MR) is 91.7 cm³/mol. The number of carbonyl (C=O) groups is 1. The van der Waals surface area contributed by atoms with Crippen molar-refractivity contribution in [3.05, 3.63) is 49.5 Å². The number of nitrogens with one attached hydrogen (secondary N) is 1. The molecule has 1 saturated heterocycles. The van der Waals surface area contributed by atoms with Gasteiger partial charge in [-0.25, -0.2) is 4.39 Å². The Kier molecular flexibility index (Phi) is 4.61. The molecule has 23 heavy (non-hydrogen) atoms. The van der Waals surface area contributed by atoms with Crippen LogP contribution in [0.15, 0.2) is 23.1 Å². The maximum Gasteiger partial charge on any atom is 0.186 e. The molecule has 1 aliphatic heterocycles. The van der Waals surface area contributed by atoms with Crippen LogP contribution in [0.25, 0.3) is 6.08 Å². The van der Waals surface area contributed by atoms with Crippen molar-refractivity contribution in [3.8, 4) is 0 Å². The topological polar surface area (TPSA) is 66.7 Å². The van der Waals surface area contributed by atoms with Crippen LogP contribution in [0.3, 0.4) is 0 Å². The average Bonchev–Trinajstić information content (AvgIpc) is 3.08. The lowest BCUT2D eigenvalue weighted by Crippen LogP contribution is -2.11. The summed E-state index contributed by atoms with van der Waals surface area (Å²) < 4.78 is 13.9. The Morgan fingerprint density at radius 2 is 2.22 bits per heavy atom. The predicted octanol–water partition coefficient (Wildman–Crippen LogP) is 4.31. The minimum Gasteiger partial charge on any atom is -0.297 e. The Bertz CT molecular complexity index is 814. The molecule has 0 saturated carbocycles. The second-order valence-electron chi connectivity index (χ2n) is 4.80. The maximum absolute atomic E-state index is 13.9. The first kappa shape index (κ1) is 16.3. The number of allylic oxidation sites excluding steroid dienone is 1. The van der Waals surface area contributed by atoms with Crippen LogP contribution in [-0.4, -0.2) is 21.0 Å². The number of aromatic nitrogens is 2. The van der Waals surface area contributed by atoms with E-state index in [1.54, 1.807) is 6.07 Å². The second kappa shape index (κ2) is 6.51. The highest BCUT2D eigenvalue weighted by atomic mass is 35.5. The molecule has 0 bridgehead atoms. The van der Waals surface area contributed by atoms with Gasteiger partial charge in [-0.05, 0) is 24.6 Å². The van der Waals surface area contributed by atoms with E-state index >= 15 is 0 Å². The molecule has 1 atom stereocenters. The first-order chi connectivity index (χ1) is 11.0. The molecule has 3 rings (SSSR count). The van der Waals surface area contributed by atoms with Crippen molar-refractivity contribution in [2.24, 2.45) is 0 Å². The summed E-state index contributed by atoms with van der Waals surface area (Å²) in [5.41, 5.74) is 0.157. The molecule has 1 aromatic heterocycles. The van der Waals surface area contributed by atoms with Gasteiger partial charge in [-0.3, -0.25) is 10.2 Å². The summed E-state index contributed by atoms with van der Waals surface area (Å²) in [4.78, 5) is 12.9. The van der Waals surface area contributed by atoms with Gasteiger partial charge in [0.2, 0.25) is 0 Å². The zero-order chi connectivity index (χ0) is 16.6. The molecular weight excluding hydrogens is 357 g/mol. The summed E-state index contributed by atoms with van der Waals surface area (Å²) in [6, 6.07) is 4.34. The van der Waals surface area contributed by atoms with Gasteiger partial charge in [0.15, 0.2) is 5.78 Å². The normalized spacial score (nSPS) is 19.8. The van der Waals surface area contributed by atoms with Crippen molar-refractivity contribution in [2.45, 2.75) is 19.3 Å². The zero-order valence-electron chi connectivity index (χ0n) is 12.0. The highest BCUT2D eigenvalue weighted by molar-refractivity contribution is 8.19. The van der Waals surface area contributed by atoms with Crippen molar-refractivity contribution < 1.29 is 9.18 Å². The molecule has 8 heteroatoms. The van der Waals surface area contributed by atoms with Gasteiger partial charge < -0.3 is 0 Å². The van der Waals surface area contributed by atoms with Crippen molar-refractivity contribution in [2.75, 3.05) is 0 Å². The number of ketones is 1. The van der Waals surface area contributed by atoms with E-state index in [1.165, 1.54) is 29.5 Å². The number of rotatable bonds is 3. The standard InChI is InChI=1S/C15H11ClFN3OS2/c1-2-11-19-20-15(23-11)12-13(21)10(22-14(12)18)6-7-8(16)4-3-5-9(7)17/h3-6,12,18H,2H2,1H3/b10-6-,18-14?/t12-/m1/s1. The minimum atomic E-state index is -0.741. The van der Waals surface area contributed by atoms with Crippen molar-refractivity contribution in [1.82, 2.24) is 10.2 Å². The number of hydrogen-bond acceptors (Lipinski definition) is 6. The molecule has 1 N–H and O–H groups in total. The molecule has 1 fully saturated rings. The lowest BCUT2D eigenvalue weighted by Gasteiger charge is -2.02. The number of nitrogens with zero attached hydrogens (tertiary/aromatic N) is 2. The number of benzene rings is 1. The fourth-order valence-corrected chi connectivity index (χ4v) is 4.27. The van der Waals surface area contributed by atoms with E-state index in [9.17, 15) is 9.18 Å². The SMILES string of the molecule is CCc1nnc([C@H]2C(=N)S/C(=C\c3c(F)cccc3Cl)C2=O)s1. The van der Waals surface area contributed by atoms with Crippen LogP contribution in [0, 0.1) is 11.2 Å². The van der Waals surface area contributed by atoms with Gasteiger partial charge in [-0.2, -0.15) is 0 Å². The fourth-order valence-electron chi connectivity index (χ4n) is 2.12. The van der Waals surface area contributed by atoms with Crippen LogP contribution in [0.4, 0.5) is 4.39 Å². The highest BCUT2D eigenvalue weighted by Crippen LogP contribution is 2.42. The van der Waals surface area contributed by atoms with Gasteiger partial charge in [0.05, 0.1) is 15.0 Å². The van der Waals surface area contributed by atoms with E-state index in [0.29, 0.717) is 9.91 Å². The summed E-state index contributed by atoms with van der Waals surface area (Å²) in [6.07, 6.45) is 2.13. The molecule has 1 aliphatic rings. The van der Waals surface area contributed by atoms with Crippen molar-refractivity contribution in [1.29, 1.82) is 5.41 Å². The van der Waals surface area contributed by atoms with Crippen LogP contribution >= 0.6 is 34.7 Å². The zero-order valence-corrected chi connectivity index (χ0v) is 14.4. The number of carbonyl (C=O) groups excluding carboxylic acids is 1. The summed E-state index contributed by atoms with van der Waals surface area (Å²) in [5, 5.41) is 17.8. The minimum absolute atomic E-state index is 0.157. The van der Waals surface area contributed by atoms with E-state index < -0.39 is 11.7 Å². The Labute approximate surface area is 145 Å². The van der Waals surface area contributed by atoms with E-state index in [0.717, 1.165) is 23.2 Å². The third-order valence-electron chi connectivity index (χ3n) is 3.29. The molecule has 2 aromatic rings. The number of aryl methyl sites for hydroxylation is 1. The monoisotopic (exact) mass is 367 g/mol. The summed E-state index contributed by atoms with van der Waals surface area (Å²) in [5.74, 6) is -1.51. The summed E-state index contributed by atoms with van der Waals surface area (Å²) >= 11 is 8.33. The largest absolute Gasteiger partial charge is 0.297 e. The van der Waals surface area contributed by atoms with Crippen LogP contribution in [0.1, 0.15) is 28.4 Å². The van der Waals surface area contributed by atoms with Gasteiger partial charge in [0.1, 0.15) is 21.8 Å². The lowest BCUT2D eigenvalue weighted by molar-refractivity contribution is -0.114. The number of halogens is 2. The third-order valence-corrected chi connectivity index (χ3v) is 5.75. The molecule has 0 amide bonds. The summed E-state index contributed by atoms with van der Waals surface area (Å²) in [7, 11) is 0. The molecule has 0 unspecified atom stereocenters. The molecule has 0 radical (unpaired) electrons. The van der Waals surface area contributed by atoms with Gasteiger partial charge >= 0.3 is 0 Å². The lowest BCUT2D eigenvalue weighted by atomic mass is 10.1. The molecule has 1 aromatic carbocycles. The van der Waals surface area contributed by atoms with Gasteiger partial charge in [0, 0.05) is 5.56 Å². The Morgan fingerprint density at radius 1 is 1.43 bits per heavy atom. The second-order valence-corrected chi connectivity index (χ2v) is 7.38. The maximum atomic E-state index is 13.9. The van der Waals surface area contributed by atoms with Gasteiger partial charge in [0.25, 0.3) is 0 Å². The number of Topliss-reactive ketones (excluding diaryl/α,β-unsaturated/α-hetero) is 1. The van der Waals surface area contributed by atoms with Crippen LogP contribution in [0.5, 0.6) is 0 Å².